The van der Waals surface area contributed by atoms with E-state index in [0.717, 1.165) is 5.56 Å². The van der Waals surface area contributed by atoms with Gasteiger partial charge in [-0.25, -0.2) is 14.8 Å². The number of hydrogen-bond acceptors (Lipinski definition) is 4. The monoisotopic (exact) mass is 352 g/mol. The standard InChI is InChI=1S/C18H13ClN4O2/c1-11-4-6-13(9-14(11)19)25-16-7-5-12(10-21-16)23-15-3-2-8-20-17(15)22-18(23)24/h2-10H,1H3,(H,20,22,24). The Kier molecular flexibility index (Phi) is 3.74. The van der Waals surface area contributed by atoms with Crippen molar-refractivity contribution < 1.29 is 4.74 Å². The highest BCUT2D eigenvalue weighted by Crippen LogP contribution is 2.26. The van der Waals surface area contributed by atoms with Crippen molar-refractivity contribution >= 4 is 22.8 Å². The molecule has 25 heavy (non-hydrogen) atoms. The van der Waals surface area contributed by atoms with E-state index in [1.165, 1.54) is 4.57 Å². The number of benzene rings is 1. The lowest BCUT2D eigenvalue weighted by atomic mass is 10.2. The largest absolute Gasteiger partial charge is 0.439 e. The first-order valence-corrected chi connectivity index (χ1v) is 7.96. The molecule has 3 heterocycles. The van der Waals surface area contributed by atoms with Gasteiger partial charge in [0.1, 0.15) is 5.75 Å². The summed E-state index contributed by atoms with van der Waals surface area (Å²) in [5.41, 5.74) is 2.55. The summed E-state index contributed by atoms with van der Waals surface area (Å²) in [6, 6.07) is 12.5. The Morgan fingerprint density at radius 2 is 2.04 bits per heavy atom. The minimum Gasteiger partial charge on any atom is -0.439 e. The molecule has 1 N–H and O–H groups in total. The summed E-state index contributed by atoms with van der Waals surface area (Å²) in [7, 11) is 0. The van der Waals surface area contributed by atoms with Gasteiger partial charge >= 0.3 is 5.69 Å². The SMILES string of the molecule is Cc1ccc(Oc2ccc(-n3c(=O)[nH]c4ncccc43)cn2)cc1Cl. The molecule has 0 aliphatic rings. The molecule has 3 aromatic heterocycles. The Bertz CT molecular complexity index is 1120. The van der Waals surface area contributed by atoms with Crippen LogP contribution in [0.3, 0.4) is 0 Å². The van der Waals surface area contributed by atoms with E-state index < -0.39 is 0 Å². The van der Waals surface area contributed by atoms with Crippen LogP contribution in [0.4, 0.5) is 0 Å². The van der Waals surface area contributed by atoms with Gasteiger partial charge in [-0.3, -0.25) is 9.55 Å². The van der Waals surface area contributed by atoms with Gasteiger partial charge in [0.25, 0.3) is 0 Å². The van der Waals surface area contributed by atoms with Gasteiger partial charge in [-0.2, -0.15) is 0 Å². The number of nitrogens with zero attached hydrogens (tertiary/aromatic N) is 3. The van der Waals surface area contributed by atoms with Crippen molar-refractivity contribution in [3.63, 3.8) is 0 Å². The quantitative estimate of drug-likeness (QED) is 0.607. The maximum Gasteiger partial charge on any atom is 0.332 e. The molecule has 4 rings (SSSR count). The summed E-state index contributed by atoms with van der Waals surface area (Å²) < 4.78 is 7.22. The first-order chi connectivity index (χ1) is 12.1. The molecule has 0 saturated heterocycles. The van der Waals surface area contributed by atoms with Crippen molar-refractivity contribution in [2.75, 3.05) is 0 Å². The smallest absolute Gasteiger partial charge is 0.332 e. The fourth-order valence-corrected chi connectivity index (χ4v) is 2.69. The molecular formula is C18H13ClN4O2. The lowest BCUT2D eigenvalue weighted by molar-refractivity contribution is 0.462. The Morgan fingerprint density at radius 3 is 2.80 bits per heavy atom. The van der Waals surface area contributed by atoms with Gasteiger partial charge in [0, 0.05) is 17.3 Å². The highest BCUT2D eigenvalue weighted by atomic mass is 35.5. The normalized spacial score (nSPS) is 11.0. The Labute approximate surface area is 147 Å². The Hall–Kier alpha value is -3.12. The van der Waals surface area contributed by atoms with Crippen LogP contribution in [0, 0.1) is 6.92 Å². The second-order valence-electron chi connectivity index (χ2n) is 5.50. The second kappa shape index (κ2) is 6.07. The predicted molar refractivity (Wildman–Crippen MR) is 95.7 cm³/mol. The fourth-order valence-electron chi connectivity index (χ4n) is 2.52. The van der Waals surface area contributed by atoms with Crippen LogP contribution >= 0.6 is 11.6 Å². The number of aromatic amines is 1. The van der Waals surface area contributed by atoms with Crippen LogP contribution in [0.5, 0.6) is 11.6 Å². The zero-order valence-electron chi connectivity index (χ0n) is 13.2. The van der Waals surface area contributed by atoms with Crippen LogP contribution in [0.2, 0.25) is 5.02 Å². The number of ether oxygens (including phenoxy) is 1. The van der Waals surface area contributed by atoms with E-state index in [-0.39, 0.29) is 5.69 Å². The van der Waals surface area contributed by atoms with Crippen LogP contribution in [0.15, 0.2) is 59.7 Å². The number of halogens is 1. The molecule has 0 saturated carbocycles. The summed E-state index contributed by atoms with van der Waals surface area (Å²) in [6.45, 7) is 1.92. The number of aromatic nitrogens is 4. The van der Waals surface area contributed by atoms with Crippen molar-refractivity contribution in [2.24, 2.45) is 0 Å². The summed E-state index contributed by atoms with van der Waals surface area (Å²) in [6.07, 6.45) is 3.21. The lowest BCUT2D eigenvalue weighted by Gasteiger charge is -2.07. The molecule has 0 atom stereocenters. The van der Waals surface area contributed by atoms with Gasteiger partial charge in [0.2, 0.25) is 5.88 Å². The van der Waals surface area contributed by atoms with E-state index >= 15 is 0 Å². The molecule has 0 radical (unpaired) electrons. The van der Waals surface area contributed by atoms with E-state index in [4.69, 9.17) is 16.3 Å². The van der Waals surface area contributed by atoms with Crippen molar-refractivity contribution in [1.82, 2.24) is 19.5 Å². The minimum atomic E-state index is -0.269. The molecule has 0 unspecified atom stereocenters. The van der Waals surface area contributed by atoms with Gasteiger partial charge < -0.3 is 4.74 Å². The first-order valence-electron chi connectivity index (χ1n) is 7.58. The van der Waals surface area contributed by atoms with Gasteiger partial charge in [0.15, 0.2) is 5.65 Å². The van der Waals surface area contributed by atoms with Gasteiger partial charge in [-0.15, -0.1) is 0 Å². The molecular weight excluding hydrogens is 340 g/mol. The van der Waals surface area contributed by atoms with Crippen LogP contribution in [0.25, 0.3) is 16.9 Å². The molecule has 4 aromatic rings. The Balaban J connectivity index is 1.66. The molecule has 0 amide bonds. The fraction of sp³-hybridized carbons (Fsp3) is 0.0556. The minimum absolute atomic E-state index is 0.269. The molecule has 1 aromatic carbocycles. The number of pyridine rings is 2. The average Bonchev–Trinajstić information content (AvgIpc) is 2.95. The Morgan fingerprint density at radius 1 is 1.16 bits per heavy atom. The summed E-state index contributed by atoms with van der Waals surface area (Å²) >= 11 is 6.10. The number of rotatable bonds is 3. The van der Waals surface area contributed by atoms with Crippen molar-refractivity contribution in [3.8, 4) is 17.3 Å². The first kappa shape index (κ1) is 15.4. The number of hydrogen-bond donors (Lipinski definition) is 1. The summed E-state index contributed by atoms with van der Waals surface area (Å²) in [5, 5.41) is 0.631. The molecule has 124 valence electrons. The van der Waals surface area contributed by atoms with Gasteiger partial charge in [-0.05, 0) is 42.8 Å². The average molecular weight is 353 g/mol. The zero-order chi connectivity index (χ0) is 17.4. The number of H-pyrrole nitrogens is 1. The van der Waals surface area contributed by atoms with E-state index in [1.54, 1.807) is 36.7 Å². The van der Waals surface area contributed by atoms with Gasteiger partial charge in [-0.1, -0.05) is 17.7 Å². The second-order valence-corrected chi connectivity index (χ2v) is 5.91. The number of aryl methyl sites for hydroxylation is 1. The van der Waals surface area contributed by atoms with Crippen molar-refractivity contribution in [1.29, 1.82) is 0 Å². The summed E-state index contributed by atoms with van der Waals surface area (Å²) in [4.78, 5) is 23.3. The zero-order valence-corrected chi connectivity index (χ0v) is 14.0. The third-order valence-corrected chi connectivity index (χ3v) is 4.21. The predicted octanol–water partition coefficient (Wildman–Crippen LogP) is 3.86. The molecule has 0 aliphatic heterocycles. The third-order valence-electron chi connectivity index (χ3n) is 3.80. The third kappa shape index (κ3) is 2.88. The van der Waals surface area contributed by atoms with Crippen LogP contribution in [-0.4, -0.2) is 19.5 Å². The van der Waals surface area contributed by atoms with Crippen LogP contribution in [0.1, 0.15) is 5.56 Å². The lowest BCUT2D eigenvalue weighted by Crippen LogP contribution is -2.14. The number of nitrogens with one attached hydrogen (secondary N) is 1. The van der Waals surface area contributed by atoms with Crippen molar-refractivity contribution in [2.45, 2.75) is 6.92 Å². The van der Waals surface area contributed by atoms with E-state index in [1.807, 2.05) is 25.1 Å². The maximum atomic E-state index is 12.2. The molecule has 0 fully saturated rings. The highest BCUT2D eigenvalue weighted by molar-refractivity contribution is 6.31. The molecule has 6 nitrogen and oxygen atoms in total. The number of fused-ring (bicyclic) bond motifs is 1. The molecule has 7 heteroatoms. The maximum absolute atomic E-state index is 12.2. The van der Waals surface area contributed by atoms with E-state index in [9.17, 15) is 4.79 Å². The van der Waals surface area contributed by atoms with Crippen LogP contribution in [-0.2, 0) is 0 Å². The van der Waals surface area contributed by atoms with Crippen molar-refractivity contribution in [3.05, 3.63) is 75.9 Å². The number of imidazole rings is 1. The van der Waals surface area contributed by atoms with Crippen LogP contribution < -0.4 is 10.4 Å². The van der Waals surface area contributed by atoms with E-state index in [0.29, 0.717) is 33.5 Å². The topological polar surface area (TPSA) is 72.8 Å². The highest BCUT2D eigenvalue weighted by Gasteiger charge is 2.10. The van der Waals surface area contributed by atoms with E-state index in [2.05, 4.69) is 15.0 Å². The molecule has 0 aliphatic carbocycles. The van der Waals surface area contributed by atoms with Gasteiger partial charge in [0.05, 0.1) is 17.4 Å². The summed E-state index contributed by atoms with van der Waals surface area (Å²) in [5.74, 6) is 1.01. The molecule has 0 spiro atoms. The molecule has 0 bridgehead atoms.